The van der Waals surface area contributed by atoms with Crippen molar-refractivity contribution in [2.75, 3.05) is 10.8 Å². The molecule has 2 fully saturated rings. The van der Waals surface area contributed by atoms with Crippen molar-refractivity contribution in [3.05, 3.63) is 59.7 Å². The minimum absolute atomic E-state index is 0.669. The van der Waals surface area contributed by atoms with Gasteiger partial charge in [-0.15, -0.1) is 0 Å². The Morgan fingerprint density at radius 2 is 1.81 bits per heavy atom. The topological polar surface area (TPSA) is 32.3 Å². The van der Waals surface area contributed by atoms with E-state index in [0.717, 1.165) is 29.6 Å². The first-order valence-corrected chi connectivity index (χ1v) is 11.5. The number of benzene rings is 2. The van der Waals surface area contributed by atoms with Crippen molar-refractivity contribution in [3.8, 4) is 0 Å². The molecule has 5 rings (SSSR count). The van der Waals surface area contributed by atoms with E-state index in [0.29, 0.717) is 12.0 Å². The van der Waals surface area contributed by atoms with Crippen molar-refractivity contribution in [3.63, 3.8) is 0 Å². The van der Waals surface area contributed by atoms with E-state index in [1.165, 1.54) is 49.7 Å². The zero-order chi connectivity index (χ0) is 18.2. The Balaban J connectivity index is 1.27. The Bertz CT molecular complexity index is 832. The molecule has 27 heavy (non-hydrogen) atoms. The van der Waals surface area contributed by atoms with Gasteiger partial charge in [0.2, 0.25) is 0 Å². The van der Waals surface area contributed by atoms with Gasteiger partial charge in [-0.3, -0.25) is 4.31 Å². The van der Waals surface area contributed by atoms with Gasteiger partial charge in [0.05, 0.1) is 10.6 Å². The standard InChI is InChI=1S/C23H28N2OS/c26-27(20-9-5-2-6-10-20)25-14-13-18-15-17(11-12-23(18)25)21-16-22(21)24-19-7-3-1-4-8-19/h2,5-6,9-12,15,19,21-22,24H,1,3-4,7-8,13-14,16H2. The maximum Gasteiger partial charge on any atom is 0.152 e. The van der Waals surface area contributed by atoms with Crippen LogP contribution < -0.4 is 9.62 Å². The summed E-state index contributed by atoms with van der Waals surface area (Å²) in [7, 11) is -1.11. The molecule has 4 heteroatoms. The lowest BCUT2D eigenvalue weighted by Gasteiger charge is -2.23. The number of fused-ring (bicyclic) bond motifs is 1. The molecule has 2 aromatic rings. The van der Waals surface area contributed by atoms with Gasteiger partial charge in [0.1, 0.15) is 0 Å². The average molecular weight is 381 g/mol. The maximum absolute atomic E-state index is 12.9. The highest BCUT2D eigenvalue weighted by Crippen LogP contribution is 2.44. The van der Waals surface area contributed by atoms with Crippen LogP contribution in [0.5, 0.6) is 0 Å². The quantitative estimate of drug-likeness (QED) is 0.825. The average Bonchev–Trinajstić information content (AvgIpc) is 3.36. The van der Waals surface area contributed by atoms with Gasteiger partial charge in [-0.05, 0) is 55.0 Å². The van der Waals surface area contributed by atoms with E-state index in [2.05, 4.69) is 27.8 Å². The minimum atomic E-state index is -1.11. The van der Waals surface area contributed by atoms with Crippen LogP contribution in [0.1, 0.15) is 55.6 Å². The van der Waals surface area contributed by atoms with Gasteiger partial charge in [0.25, 0.3) is 0 Å². The molecule has 1 N–H and O–H groups in total. The third kappa shape index (κ3) is 3.57. The maximum atomic E-state index is 12.9. The summed E-state index contributed by atoms with van der Waals surface area (Å²) in [4.78, 5) is 0.883. The number of rotatable bonds is 5. The third-order valence-corrected chi connectivity index (χ3v) is 7.83. The highest BCUT2D eigenvalue weighted by Gasteiger charge is 2.40. The fraction of sp³-hybridized carbons (Fsp3) is 0.478. The molecular formula is C23H28N2OS. The van der Waals surface area contributed by atoms with Gasteiger partial charge in [0, 0.05) is 24.5 Å². The van der Waals surface area contributed by atoms with Crippen molar-refractivity contribution in [1.82, 2.24) is 5.32 Å². The molecule has 1 heterocycles. The fourth-order valence-corrected chi connectivity index (χ4v) is 6.04. The van der Waals surface area contributed by atoms with Crippen LogP contribution in [0.15, 0.2) is 53.4 Å². The summed E-state index contributed by atoms with van der Waals surface area (Å²) in [6.07, 6.45) is 9.17. The SMILES string of the molecule is O=S(c1ccccc1)N1CCc2cc(C3CC3NC3CCCCC3)ccc21. The Morgan fingerprint density at radius 1 is 1.00 bits per heavy atom. The molecule has 0 radical (unpaired) electrons. The van der Waals surface area contributed by atoms with E-state index in [9.17, 15) is 4.21 Å². The molecule has 0 amide bonds. The Morgan fingerprint density at radius 3 is 2.63 bits per heavy atom. The molecule has 3 aliphatic rings. The van der Waals surface area contributed by atoms with Crippen molar-refractivity contribution >= 4 is 16.7 Å². The lowest BCUT2D eigenvalue weighted by Crippen LogP contribution is -2.33. The van der Waals surface area contributed by atoms with Crippen LogP contribution in [0.4, 0.5) is 5.69 Å². The summed E-state index contributed by atoms with van der Waals surface area (Å²) in [5.74, 6) is 0.672. The summed E-state index contributed by atoms with van der Waals surface area (Å²) in [5.41, 5.74) is 3.98. The predicted octanol–water partition coefficient (Wildman–Crippen LogP) is 4.55. The van der Waals surface area contributed by atoms with Crippen LogP contribution in [0.25, 0.3) is 0 Å². The molecule has 3 atom stereocenters. The largest absolute Gasteiger partial charge is 0.311 e. The molecule has 2 aromatic carbocycles. The first-order chi connectivity index (χ1) is 13.3. The van der Waals surface area contributed by atoms with Gasteiger partial charge in [-0.1, -0.05) is 49.6 Å². The zero-order valence-electron chi connectivity index (χ0n) is 15.8. The second-order valence-corrected chi connectivity index (χ2v) is 9.66. The molecule has 3 nitrogen and oxygen atoms in total. The summed E-state index contributed by atoms with van der Waals surface area (Å²) in [6.45, 7) is 0.842. The molecule has 0 saturated heterocycles. The molecule has 0 aromatic heterocycles. The Kier molecular flexibility index (Phi) is 4.78. The van der Waals surface area contributed by atoms with Crippen LogP contribution in [0.2, 0.25) is 0 Å². The summed E-state index contributed by atoms with van der Waals surface area (Å²) < 4.78 is 15.0. The molecule has 3 unspecified atom stereocenters. The van der Waals surface area contributed by atoms with Crippen molar-refractivity contribution in [1.29, 1.82) is 0 Å². The second kappa shape index (κ2) is 7.40. The Hall–Kier alpha value is -1.65. The molecule has 1 aliphatic heterocycles. The number of nitrogens with one attached hydrogen (secondary N) is 1. The highest BCUT2D eigenvalue weighted by molar-refractivity contribution is 7.86. The van der Waals surface area contributed by atoms with Gasteiger partial charge >= 0.3 is 0 Å². The van der Waals surface area contributed by atoms with E-state index >= 15 is 0 Å². The van der Waals surface area contributed by atoms with Crippen LogP contribution in [-0.2, 0) is 17.4 Å². The predicted molar refractivity (Wildman–Crippen MR) is 111 cm³/mol. The van der Waals surface area contributed by atoms with Crippen molar-refractivity contribution in [2.24, 2.45) is 0 Å². The molecule has 2 aliphatic carbocycles. The first kappa shape index (κ1) is 17.4. The normalized spacial score (nSPS) is 26.0. The number of hydrogen-bond acceptors (Lipinski definition) is 2. The van der Waals surface area contributed by atoms with E-state index in [4.69, 9.17) is 0 Å². The third-order valence-electron chi connectivity index (χ3n) is 6.38. The van der Waals surface area contributed by atoms with Crippen LogP contribution in [0.3, 0.4) is 0 Å². The van der Waals surface area contributed by atoms with Gasteiger partial charge in [-0.2, -0.15) is 0 Å². The minimum Gasteiger partial charge on any atom is -0.311 e. The van der Waals surface area contributed by atoms with Gasteiger partial charge < -0.3 is 5.32 Å². The number of hydrogen-bond donors (Lipinski definition) is 1. The first-order valence-electron chi connectivity index (χ1n) is 10.4. The highest BCUT2D eigenvalue weighted by atomic mass is 32.2. The van der Waals surface area contributed by atoms with Crippen molar-refractivity contribution < 1.29 is 4.21 Å². The fourth-order valence-electron chi connectivity index (χ4n) is 4.78. The lowest BCUT2D eigenvalue weighted by atomic mass is 9.95. The van der Waals surface area contributed by atoms with E-state index in [-0.39, 0.29) is 0 Å². The van der Waals surface area contributed by atoms with Gasteiger partial charge in [0.15, 0.2) is 11.0 Å². The molecule has 142 valence electrons. The van der Waals surface area contributed by atoms with E-state index in [1.54, 1.807) is 0 Å². The van der Waals surface area contributed by atoms with Crippen LogP contribution in [-0.4, -0.2) is 22.8 Å². The lowest BCUT2D eigenvalue weighted by molar-refractivity contribution is 0.369. The van der Waals surface area contributed by atoms with Crippen LogP contribution >= 0.6 is 0 Å². The summed E-state index contributed by atoms with van der Waals surface area (Å²) in [6, 6.07) is 18.1. The summed E-state index contributed by atoms with van der Waals surface area (Å²) >= 11 is 0. The Labute approximate surface area is 164 Å². The monoisotopic (exact) mass is 380 g/mol. The van der Waals surface area contributed by atoms with Crippen molar-refractivity contribution in [2.45, 2.75) is 67.8 Å². The molecule has 2 saturated carbocycles. The van der Waals surface area contributed by atoms with E-state index in [1.807, 2.05) is 30.3 Å². The number of anilines is 1. The molecule has 0 bridgehead atoms. The van der Waals surface area contributed by atoms with E-state index < -0.39 is 11.0 Å². The summed E-state index contributed by atoms with van der Waals surface area (Å²) in [5, 5.41) is 3.90. The van der Waals surface area contributed by atoms with Crippen LogP contribution in [0, 0.1) is 0 Å². The second-order valence-electron chi connectivity index (χ2n) is 8.25. The van der Waals surface area contributed by atoms with Gasteiger partial charge in [-0.25, -0.2) is 4.21 Å². The smallest absolute Gasteiger partial charge is 0.152 e. The zero-order valence-corrected chi connectivity index (χ0v) is 16.6. The molecular weight excluding hydrogens is 352 g/mol. The number of nitrogens with zero attached hydrogens (tertiary/aromatic N) is 1. The molecule has 0 spiro atoms.